The lowest BCUT2D eigenvalue weighted by molar-refractivity contribution is 0.826. The summed E-state index contributed by atoms with van der Waals surface area (Å²) < 4.78 is 0. The molecule has 0 spiro atoms. The molecule has 118 valence electrons. The van der Waals surface area contributed by atoms with Gasteiger partial charge in [0.1, 0.15) is 5.15 Å². The van der Waals surface area contributed by atoms with Gasteiger partial charge in [0.05, 0.1) is 9.88 Å². The molecule has 0 bridgehead atoms. The molecule has 2 N–H and O–H groups in total. The maximum absolute atomic E-state index is 6.34. The zero-order chi connectivity index (χ0) is 16.2. The van der Waals surface area contributed by atoms with Crippen molar-refractivity contribution in [2.45, 2.75) is 12.8 Å². The third kappa shape index (κ3) is 3.72. The van der Waals surface area contributed by atoms with Gasteiger partial charge in [0.25, 0.3) is 0 Å². The maximum Gasteiger partial charge on any atom is 0.129 e. The van der Waals surface area contributed by atoms with Gasteiger partial charge in [-0.15, -0.1) is 11.3 Å². The van der Waals surface area contributed by atoms with Gasteiger partial charge in [-0.3, -0.25) is 0 Å². The zero-order valence-corrected chi connectivity index (χ0v) is 14.6. The molecule has 1 aromatic carbocycles. The largest absolute Gasteiger partial charge is 0.330 e. The zero-order valence-electron chi connectivity index (χ0n) is 12.3. The number of halogens is 2. The molecule has 3 aromatic rings. The Kier molecular flexibility index (Phi) is 5.28. The third-order valence-corrected chi connectivity index (χ3v) is 5.08. The van der Waals surface area contributed by atoms with Crippen molar-refractivity contribution < 1.29 is 0 Å². The van der Waals surface area contributed by atoms with Gasteiger partial charge in [-0.2, -0.15) is 0 Å². The smallest absolute Gasteiger partial charge is 0.129 e. The van der Waals surface area contributed by atoms with Crippen LogP contribution in [0.25, 0.3) is 21.6 Å². The molecule has 6 heteroatoms. The monoisotopic (exact) mass is 363 g/mol. The van der Waals surface area contributed by atoms with Crippen LogP contribution in [0.2, 0.25) is 10.2 Å². The van der Waals surface area contributed by atoms with E-state index in [1.54, 1.807) is 17.5 Å². The molecule has 0 saturated carbocycles. The normalized spacial score (nSPS) is 10.9. The average Bonchev–Trinajstić information content (AvgIpc) is 3.02. The second-order valence-corrected chi connectivity index (χ2v) is 6.95. The van der Waals surface area contributed by atoms with E-state index in [1.165, 1.54) is 0 Å². The lowest BCUT2D eigenvalue weighted by Crippen LogP contribution is -1.99. The topological polar surface area (TPSA) is 51.8 Å². The van der Waals surface area contributed by atoms with Crippen LogP contribution in [0.5, 0.6) is 0 Å². The van der Waals surface area contributed by atoms with Gasteiger partial charge < -0.3 is 5.73 Å². The minimum absolute atomic E-state index is 0.452. The number of rotatable bonds is 5. The van der Waals surface area contributed by atoms with Gasteiger partial charge in [0.2, 0.25) is 0 Å². The van der Waals surface area contributed by atoms with E-state index in [9.17, 15) is 0 Å². The molecule has 3 rings (SSSR count). The Labute approximate surface area is 149 Å². The summed E-state index contributed by atoms with van der Waals surface area (Å²) in [5.74, 6) is 0. The van der Waals surface area contributed by atoms with Crippen LogP contribution in [-0.2, 0) is 6.42 Å². The van der Waals surface area contributed by atoms with Crippen LogP contribution in [0.3, 0.4) is 0 Å². The van der Waals surface area contributed by atoms with Crippen LogP contribution < -0.4 is 5.73 Å². The molecule has 0 aliphatic carbocycles. The van der Waals surface area contributed by atoms with Crippen molar-refractivity contribution in [1.29, 1.82) is 0 Å². The molecule has 2 heterocycles. The first kappa shape index (κ1) is 16.4. The van der Waals surface area contributed by atoms with Gasteiger partial charge in [-0.1, -0.05) is 41.4 Å². The van der Waals surface area contributed by atoms with E-state index >= 15 is 0 Å². The van der Waals surface area contributed by atoms with Crippen molar-refractivity contribution >= 4 is 34.5 Å². The Morgan fingerprint density at radius 2 is 1.83 bits per heavy atom. The summed E-state index contributed by atoms with van der Waals surface area (Å²) in [5, 5.41) is 2.21. The van der Waals surface area contributed by atoms with Gasteiger partial charge in [0.15, 0.2) is 0 Å². The summed E-state index contributed by atoms with van der Waals surface area (Å²) in [6.07, 6.45) is 5.46. The van der Waals surface area contributed by atoms with Crippen molar-refractivity contribution in [3.63, 3.8) is 0 Å². The molecular formula is C17H15Cl2N3S. The highest BCUT2D eigenvalue weighted by Gasteiger charge is 2.14. The highest BCUT2D eigenvalue weighted by atomic mass is 35.5. The number of benzene rings is 1. The summed E-state index contributed by atoms with van der Waals surface area (Å²) in [5.41, 5.74) is 8.45. The van der Waals surface area contributed by atoms with Crippen molar-refractivity contribution in [3.8, 4) is 21.6 Å². The summed E-state index contributed by atoms with van der Waals surface area (Å²) in [7, 11) is 0. The summed E-state index contributed by atoms with van der Waals surface area (Å²) >= 11 is 14.1. The average molecular weight is 364 g/mol. The van der Waals surface area contributed by atoms with Crippen molar-refractivity contribution in [2.24, 2.45) is 5.73 Å². The Morgan fingerprint density at radius 3 is 2.61 bits per heavy atom. The first-order valence-corrected chi connectivity index (χ1v) is 8.82. The molecule has 0 unspecified atom stereocenters. The van der Waals surface area contributed by atoms with Crippen LogP contribution in [0.4, 0.5) is 0 Å². The Balaban J connectivity index is 2.07. The van der Waals surface area contributed by atoms with Crippen LogP contribution >= 0.6 is 34.5 Å². The minimum Gasteiger partial charge on any atom is -0.330 e. The van der Waals surface area contributed by atoms with Crippen LogP contribution in [-0.4, -0.2) is 16.5 Å². The van der Waals surface area contributed by atoms with E-state index in [0.29, 0.717) is 16.7 Å². The molecule has 0 atom stereocenters. The summed E-state index contributed by atoms with van der Waals surface area (Å²) in [6, 6.07) is 9.58. The lowest BCUT2D eigenvalue weighted by Gasteiger charge is -2.09. The quantitative estimate of drug-likeness (QED) is 0.643. The van der Waals surface area contributed by atoms with Gasteiger partial charge in [-0.25, -0.2) is 9.97 Å². The minimum atomic E-state index is 0.452. The number of nitrogens with two attached hydrogens (primary N) is 1. The van der Waals surface area contributed by atoms with Gasteiger partial charge >= 0.3 is 0 Å². The number of aromatic nitrogens is 2. The molecule has 23 heavy (non-hydrogen) atoms. The molecule has 0 radical (unpaired) electrons. The predicted molar refractivity (Wildman–Crippen MR) is 98.2 cm³/mol. The number of nitrogens with zero attached hydrogens (tertiary/aromatic N) is 2. The van der Waals surface area contributed by atoms with E-state index < -0.39 is 0 Å². The summed E-state index contributed by atoms with van der Waals surface area (Å²) in [4.78, 5) is 9.75. The second kappa shape index (κ2) is 7.41. The number of pyridine rings is 1. The SMILES string of the molecule is NCCCc1ncc(-c2cc(Cl)ncc2-c2ccccc2Cl)s1. The predicted octanol–water partition coefficient (Wildman–Crippen LogP) is 5.07. The lowest BCUT2D eigenvalue weighted by atomic mass is 10.0. The van der Waals surface area contributed by atoms with E-state index in [4.69, 9.17) is 28.9 Å². The molecule has 0 amide bonds. The first-order chi connectivity index (χ1) is 11.2. The van der Waals surface area contributed by atoms with Crippen molar-refractivity contribution in [1.82, 2.24) is 9.97 Å². The van der Waals surface area contributed by atoms with Crippen LogP contribution in [0.15, 0.2) is 42.7 Å². The highest BCUT2D eigenvalue weighted by Crippen LogP contribution is 2.38. The van der Waals surface area contributed by atoms with Crippen LogP contribution in [0, 0.1) is 0 Å². The van der Waals surface area contributed by atoms with Gasteiger partial charge in [-0.05, 0) is 25.1 Å². The van der Waals surface area contributed by atoms with Crippen molar-refractivity contribution in [3.05, 3.63) is 57.9 Å². The molecule has 3 nitrogen and oxygen atoms in total. The first-order valence-electron chi connectivity index (χ1n) is 7.24. The number of aryl methyl sites for hydroxylation is 1. The van der Waals surface area contributed by atoms with E-state index in [-0.39, 0.29) is 0 Å². The Hall–Kier alpha value is -1.46. The molecular weight excluding hydrogens is 349 g/mol. The fraction of sp³-hybridized carbons (Fsp3) is 0.176. The maximum atomic E-state index is 6.34. The second-order valence-electron chi connectivity index (χ2n) is 5.04. The molecule has 0 saturated heterocycles. The Morgan fingerprint density at radius 1 is 1.00 bits per heavy atom. The van der Waals surface area contributed by atoms with Crippen LogP contribution in [0.1, 0.15) is 11.4 Å². The number of hydrogen-bond acceptors (Lipinski definition) is 4. The third-order valence-electron chi connectivity index (χ3n) is 3.45. The Bertz CT molecular complexity index is 817. The van der Waals surface area contributed by atoms with E-state index in [0.717, 1.165) is 39.4 Å². The number of hydrogen-bond donors (Lipinski definition) is 1. The fourth-order valence-corrected chi connectivity index (χ4v) is 3.72. The fourth-order valence-electron chi connectivity index (χ4n) is 2.33. The van der Waals surface area contributed by atoms with E-state index in [2.05, 4.69) is 9.97 Å². The molecule has 0 aliphatic rings. The summed E-state index contributed by atoms with van der Waals surface area (Å²) in [6.45, 7) is 0.668. The van der Waals surface area contributed by atoms with Crippen molar-refractivity contribution in [2.75, 3.05) is 6.54 Å². The molecule has 0 aliphatic heterocycles. The van der Waals surface area contributed by atoms with E-state index in [1.807, 2.05) is 36.5 Å². The standard InChI is InChI=1S/C17H15Cl2N3S/c18-14-5-2-1-4-11(14)13-9-21-16(19)8-12(13)15-10-22-17(23-15)6-3-7-20/h1-2,4-5,8-10H,3,6-7,20H2. The molecule has 2 aromatic heterocycles. The highest BCUT2D eigenvalue weighted by molar-refractivity contribution is 7.15. The number of thiazole rings is 1. The van der Waals surface area contributed by atoms with Gasteiger partial charge in [0, 0.05) is 40.5 Å². The molecule has 0 fully saturated rings.